The fourth-order valence-corrected chi connectivity index (χ4v) is 7.80. The Kier molecular flexibility index (Phi) is 14.9. The van der Waals surface area contributed by atoms with E-state index in [2.05, 4.69) is 5.32 Å². The second kappa shape index (κ2) is 20.7. The van der Waals surface area contributed by atoms with E-state index in [9.17, 15) is 28.8 Å². The van der Waals surface area contributed by atoms with Gasteiger partial charge in [0.1, 0.15) is 47.8 Å². The largest absolute Gasteiger partial charge is 0.493 e. The molecule has 1 saturated heterocycles. The van der Waals surface area contributed by atoms with Crippen LogP contribution >= 0.6 is 11.6 Å². The lowest BCUT2D eigenvalue weighted by Crippen LogP contribution is -2.54. The summed E-state index contributed by atoms with van der Waals surface area (Å²) in [6.07, 6.45) is 0.0949. The van der Waals surface area contributed by atoms with Crippen LogP contribution in [0.4, 0.5) is 0 Å². The molecule has 0 bridgehead atoms. The number of halogens is 1. The molecular weight excluding hydrogens is 874 g/mol. The van der Waals surface area contributed by atoms with Crippen molar-refractivity contribution in [3.63, 3.8) is 0 Å². The molecule has 17 heteroatoms. The summed E-state index contributed by atoms with van der Waals surface area (Å²) in [7, 11) is 0. The van der Waals surface area contributed by atoms with Crippen molar-refractivity contribution in [1.29, 1.82) is 0 Å². The Balaban J connectivity index is 0.833. The number of imide groups is 2. The highest BCUT2D eigenvalue weighted by molar-refractivity contribution is 6.33. The number of nitrogens with two attached hydrogens (primary N) is 1. The van der Waals surface area contributed by atoms with Crippen molar-refractivity contribution in [2.24, 2.45) is 5.73 Å². The summed E-state index contributed by atoms with van der Waals surface area (Å²) in [4.78, 5) is 76.9. The molecule has 1 aromatic heterocycles. The van der Waals surface area contributed by atoms with Gasteiger partial charge in [0.25, 0.3) is 11.8 Å². The second-order valence-electron chi connectivity index (χ2n) is 16.5. The van der Waals surface area contributed by atoms with E-state index in [0.29, 0.717) is 76.2 Å². The smallest absolute Gasteiger partial charge is 0.266 e. The third-order valence-corrected chi connectivity index (χ3v) is 11.2. The van der Waals surface area contributed by atoms with Gasteiger partial charge in [-0.2, -0.15) is 0 Å². The molecule has 1 atom stereocenters. The summed E-state index contributed by atoms with van der Waals surface area (Å²) in [6, 6.07) is 18.9. The molecule has 1 unspecified atom stereocenters. The van der Waals surface area contributed by atoms with E-state index in [4.69, 9.17) is 50.2 Å². The van der Waals surface area contributed by atoms with Crippen LogP contribution in [-0.2, 0) is 29.2 Å². The second-order valence-corrected chi connectivity index (χ2v) is 16.9. The molecule has 3 heterocycles. The lowest BCUT2D eigenvalue weighted by atomic mass is 9.84. The molecule has 66 heavy (non-hydrogen) atoms. The van der Waals surface area contributed by atoms with E-state index in [1.165, 1.54) is 12.1 Å². The van der Waals surface area contributed by atoms with Crippen LogP contribution in [0.25, 0.3) is 33.4 Å². The molecule has 2 aliphatic heterocycles. The molecule has 1 fully saturated rings. The highest BCUT2D eigenvalue weighted by Gasteiger charge is 2.46. The summed E-state index contributed by atoms with van der Waals surface area (Å²) in [5.41, 5.74) is 8.70. The van der Waals surface area contributed by atoms with Crippen molar-refractivity contribution in [2.75, 3.05) is 59.5 Å². The SMILES string of the molecule is CCOc1cc2oc(-c3ccc(OCCOCCOCCOCCOc4cccc5c4C(=O)N(C4CCC(=O)NC4=O)C5=O)cc3Cl)cc(=O)c2cc1-c1cc(C(N)=O)cc(C(C)(C)C)c1. The molecule has 7 rings (SSSR count). The molecule has 0 aliphatic carbocycles. The lowest BCUT2D eigenvalue weighted by Gasteiger charge is -2.27. The minimum atomic E-state index is -1.06. The maximum absolute atomic E-state index is 13.6. The Bertz CT molecular complexity index is 2740. The number of fused-ring (bicyclic) bond motifs is 2. The quantitative estimate of drug-likeness (QED) is 0.0633. The average Bonchev–Trinajstić information content (AvgIpc) is 3.53. The summed E-state index contributed by atoms with van der Waals surface area (Å²) in [6.45, 7) is 10.4. The maximum atomic E-state index is 13.6. The van der Waals surface area contributed by atoms with Crippen LogP contribution in [0.1, 0.15) is 77.2 Å². The Morgan fingerprint density at radius 3 is 2.12 bits per heavy atom. The van der Waals surface area contributed by atoms with Crippen molar-refractivity contribution < 1.29 is 56.8 Å². The van der Waals surface area contributed by atoms with Crippen molar-refractivity contribution in [1.82, 2.24) is 10.2 Å². The van der Waals surface area contributed by atoms with Gasteiger partial charge >= 0.3 is 0 Å². The predicted molar refractivity (Wildman–Crippen MR) is 243 cm³/mol. The number of ether oxygens (including phenoxy) is 6. The Hall–Kier alpha value is -6.59. The van der Waals surface area contributed by atoms with Crippen LogP contribution in [0.2, 0.25) is 5.02 Å². The van der Waals surface area contributed by atoms with E-state index in [0.717, 1.165) is 10.5 Å². The number of piperidine rings is 1. The van der Waals surface area contributed by atoms with Gasteiger partial charge in [-0.3, -0.25) is 39.0 Å². The van der Waals surface area contributed by atoms with Gasteiger partial charge in [0.15, 0.2) is 5.43 Å². The van der Waals surface area contributed by atoms with Gasteiger partial charge in [0.2, 0.25) is 17.7 Å². The topological polar surface area (TPSA) is 212 Å². The first-order chi connectivity index (χ1) is 31.6. The van der Waals surface area contributed by atoms with Crippen LogP contribution in [0.5, 0.6) is 17.2 Å². The first-order valence-corrected chi connectivity index (χ1v) is 21.9. The number of primary amides is 1. The first kappa shape index (κ1) is 47.4. The maximum Gasteiger partial charge on any atom is 0.266 e. The van der Waals surface area contributed by atoms with E-state index in [-0.39, 0.29) is 79.4 Å². The third kappa shape index (κ3) is 10.7. The highest BCUT2D eigenvalue weighted by Crippen LogP contribution is 2.39. The Morgan fingerprint density at radius 1 is 0.773 bits per heavy atom. The molecular formula is C49H50ClN3O13. The Morgan fingerprint density at radius 2 is 1.47 bits per heavy atom. The van der Waals surface area contributed by atoms with E-state index < -0.39 is 35.6 Å². The minimum Gasteiger partial charge on any atom is -0.493 e. The number of hydrogen-bond acceptors (Lipinski definition) is 13. The summed E-state index contributed by atoms with van der Waals surface area (Å²) in [5.74, 6) is -1.50. The van der Waals surface area contributed by atoms with Crippen LogP contribution in [0.15, 0.2) is 82.0 Å². The monoisotopic (exact) mass is 923 g/mol. The predicted octanol–water partition coefficient (Wildman–Crippen LogP) is 6.48. The lowest BCUT2D eigenvalue weighted by molar-refractivity contribution is -0.136. The van der Waals surface area contributed by atoms with Gasteiger partial charge < -0.3 is 38.6 Å². The van der Waals surface area contributed by atoms with E-state index in [1.807, 2.05) is 33.8 Å². The Labute approximate surface area is 385 Å². The summed E-state index contributed by atoms with van der Waals surface area (Å²) >= 11 is 6.68. The molecule has 0 radical (unpaired) electrons. The molecule has 2 aliphatic rings. The molecule has 16 nitrogen and oxygen atoms in total. The third-order valence-electron chi connectivity index (χ3n) is 10.9. The van der Waals surface area contributed by atoms with Crippen molar-refractivity contribution in [3.8, 4) is 39.7 Å². The fraction of sp³-hybridized carbons (Fsp3) is 0.347. The molecule has 4 aromatic carbocycles. The zero-order valence-electron chi connectivity index (χ0n) is 37.0. The first-order valence-electron chi connectivity index (χ1n) is 21.5. The van der Waals surface area contributed by atoms with Gasteiger partial charge in [-0.1, -0.05) is 44.5 Å². The van der Waals surface area contributed by atoms with Crippen LogP contribution in [0, 0.1) is 0 Å². The van der Waals surface area contributed by atoms with Crippen LogP contribution in [-0.4, -0.2) is 99.9 Å². The highest BCUT2D eigenvalue weighted by atomic mass is 35.5. The van der Waals surface area contributed by atoms with Crippen molar-refractivity contribution in [2.45, 2.75) is 52.0 Å². The average molecular weight is 924 g/mol. The van der Waals surface area contributed by atoms with Gasteiger partial charge in [-0.25, -0.2) is 0 Å². The van der Waals surface area contributed by atoms with E-state index in [1.54, 1.807) is 54.6 Å². The van der Waals surface area contributed by atoms with Crippen molar-refractivity contribution >= 4 is 52.1 Å². The van der Waals surface area contributed by atoms with Crippen molar-refractivity contribution in [3.05, 3.63) is 110 Å². The molecule has 5 aromatic rings. The number of nitrogens with one attached hydrogen (secondary N) is 1. The van der Waals surface area contributed by atoms with Crippen LogP contribution in [0.3, 0.4) is 0 Å². The van der Waals surface area contributed by atoms with Crippen LogP contribution < -0.4 is 30.7 Å². The summed E-state index contributed by atoms with van der Waals surface area (Å²) < 4.78 is 40.6. The number of carbonyl (C=O) groups is 5. The molecule has 346 valence electrons. The number of benzene rings is 4. The fourth-order valence-electron chi connectivity index (χ4n) is 7.54. The van der Waals surface area contributed by atoms with Gasteiger partial charge in [0, 0.05) is 35.2 Å². The van der Waals surface area contributed by atoms with E-state index >= 15 is 0 Å². The minimum absolute atomic E-state index is 0.0316. The normalized spacial score (nSPS) is 15.0. The number of nitrogens with zero attached hydrogens (tertiary/aromatic N) is 1. The number of carbonyl (C=O) groups excluding carboxylic acids is 5. The van der Waals surface area contributed by atoms with Gasteiger partial charge in [-0.15, -0.1) is 0 Å². The molecule has 3 N–H and O–H groups in total. The number of rotatable bonds is 20. The summed E-state index contributed by atoms with van der Waals surface area (Å²) in [5, 5.41) is 2.82. The molecule has 0 saturated carbocycles. The molecule has 0 spiro atoms. The number of hydrogen-bond donors (Lipinski definition) is 2. The van der Waals surface area contributed by atoms with Gasteiger partial charge in [0.05, 0.1) is 67.8 Å². The van der Waals surface area contributed by atoms with Gasteiger partial charge in [-0.05, 0) is 78.4 Å². The zero-order chi connectivity index (χ0) is 47.1. The number of amides is 5. The standard InChI is InChI=1S/C49H50ClN3O13/c1-5-63-40-27-42-35(25-34(40)28-21-29(45(51)56)23-30(22-28)49(2,3)4)38(54)26-41(66-42)32-10-9-31(24-36(32)50)64-19-17-61-15-13-60-14-16-62-18-20-65-39-8-6-7-33-44(39)48(59)53(47(33)58)37-11-12-43(55)52-46(37)57/h6-10,21-27,37H,5,11-20H2,1-4H3,(H2,51,56)(H,52,55,57). The molecule has 5 amide bonds. The zero-order valence-corrected chi connectivity index (χ0v) is 37.7.